The van der Waals surface area contributed by atoms with Crippen LogP contribution in [0.4, 0.5) is 16.2 Å². The Labute approximate surface area is 131 Å². The van der Waals surface area contributed by atoms with Crippen molar-refractivity contribution in [2.45, 2.75) is 19.8 Å². The maximum absolute atomic E-state index is 11.9. The number of nitrogen functional groups attached to an aromatic ring is 1. The maximum atomic E-state index is 11.9. The van der Waals surface area contributed by atoms with Gasteiger partial charge in [0.25, 0.3) is 0 Å². The smallest absolute Gasteiger partial charge is 0.409 e. The number of methoxy groups -OCH3 is 1. The van der Waals surface area contributed by atoms with E-state index < -0.39 is 0 Å². The van der Waals surface area contributed by atoms with E-state index in [1.807, 2.05) is 18.2 Å². The summed E-state index contributed by atoms with van der Waals surface area (Å²) in [5.74, 6) is 0.680. The Kier molecular flexibility index (Phi) is 5.75. The van der Waals surface area contributed by atoms with Crippen LogP contribution in [0.1, 0.15) is 19.8 Å². The van der Waals surface area contributed by atoms with Gasteiger partial charge in [-0.1, -0.05) is 13.3 Å². The van der Waals surface area contributed by atoms with Crippen LogP contribution in [0.5, 0.6) is 5.75 Å². The zero-order chi connectivity index (χ0) is 15.9. The lowest BCUT2D eigenvalue weighted by Gasteiger charge is -2.35. The lowest BCUT2D eigenvalue weighted by Crippen LogP contribution is -2.49. The Balaban J connectivity index is 1.88. The zero-order valence-corrected chi connectivity index (χ0v) is 13.4. The standard InChI is InChI=1S/C16H25N3O3/c1-3-4-11-22-16(20)19-9-7-18(8-10-19)13-5-6-14(17)15(12-13)21-2/h5-6,12H,3-4,7-11,17H2,1-2H3. The summed E-state index contributed by atoms with van der Waals surface area (Å²) >= 11 is 0. The number of unbranched alkanes of at least 4 members (excludes halogenated alkanes) is 1. The van der Waals surface area contributed by atoms with Crippen LogP contribution in [-0.2, 0) is 4.74 Å². The molecule has 1 aromatic rings. The Morgan fingerprint density at radius 1 is 1.27 bits per heavy atom. The summed E-state index contributed by atoms with van der Waals surface area (Å²) < 4.78 is 10.5. The van der Waals surface area contributed by atoms with Crippen LogP contribution in [0.25, 0.3) is 0 Å². The van der Waals surface area contributed by atoms with Crippen molar-refractivity contribution in [3.63, 3.8) is 0 Å². The molecule has 1 amide bonds. The number of amides is 1. The molecular weight excluding hydrogens is 282 g/mol. The minimum absolute atomic E-state index is 0.206. The van der Waals surface area contributed by atoms with E-state index >= 15 is 0 Å². The van der Waals surface area contributed by atoms with E-state index in [9.17, 15) is 4.79 Å². The van der Waals surface area contributed by atoms with Crippen LogP contribution < -0.4 is 15.4 Å². The van der Waals surface area contributed by atoms with Crippen molar-refractivity contribution in [2.24, 2.45) is 0 Å². The van der Waals surface area contributed by atoms with Crippen molar-refractivity contribution in [3.05, 3.63) is 18.2 Å². The van der Waals surface area contributed by atoms with Crippen LogP contribution in [0.15, 0.2) is 18.2 Å². The summed E-state index contributed by atoms with van der Waals surface area (Å²) in [5.41, 5.74) is 7.53. The SMILES string of the molecule is CCCCOC(=O)N1CCN(c2ccc(N)c(OC)c2)CC1. The van der Waals surface area contributed by atoms with E-state index in [0.717, 1.165) is 31.6 Å². The van der Waals surface area contributed by atoms with Gasteiger partial charge in [0, 0.05) is 37.9 Å². The predicted octanol–water partition coefficient (Wildman–Crippen LogP) is 2.34. The van der Waals surface area contributed by atoms with Gasteiger partial charge in [-0.2, -0.15) is 0 Å². The molecule has 0 spiro atoms. The van der Waals surface area contributed by atoms with Gasteiger partial charge in [-0.05, 0) is 18.6 Å². The van der Waals surface area contributed by atoms with Crippen LogP contribution in [0.3, 0.4) is 0 Å². The van der Waals surface area contributed by atoms with Gasteiger partial charge in [0.05, 0.1) is 19.4 Å². The molecule has 1 fully saturated rings. The average Bonchev–Trinajstić information content (AvgIpc) is 2.55. The minimum atomic E-state index is -0.206. The van der Waals surface area contributed by atoms with Gasteiger partial charge in [-0.3, -0.25) is 0 Å². The number of hydrogen-bond acceptors (Lipinski definition) is 5. The second kappa shape index (κ2) is 7.77. The fourth-order valence-corrected chi connectivity index (χ4v) is 2.44. The van der Waals surface area contributed by atoms with E-state index in [2.05, 4.69) is 11.8 Å². The summed E-state index contributed by atoms with van der Waals surface area (Å²) in [5, 5.41) is 0. The van der Waals surface area contributed by atoms with Gasteiger partial charge < -0.3 is 25.0 Å². The Hall–Kier alpha value is -2.11. The molecule has 2 N–H and O–H groups in total. The average molecular weight is 307 g/mol. The monoisotopic (exact) mass is 307 g/mol. The molecule has 22 heavy (non-hydrogen) atoms. The summed E-state index contributed by atoms with van der Waals surface area (Å²) in [6.07, 6.45) is 1.74. The van der Waals surface area contributed by atoms with Gasteiger partial charge in [0.15, 0.2) is 0 Å². The topological polar surface area (TPSA) is 68.0 Å². The lowest BCUT2D eigenvalue weighted by molar-refractivity contribution is 0.0989. The van der Waals surface area contributed by atoms with Crippen molar-refractivity contribution >= 4 is 17.5 Å². The van der Waals surface area contributed by atoms with Crippen molar-refractivity contribution < 1.29 is 14.3 Å². The molecule has 1 heterocycles. The quantitative estimate of drug-likeness (QED) is 0.668. The van der Waals surface area contributed by atoms with Crippen molar-refractivity contribution in [1.29, 1.82) is 0 Å². The number of nitrogens with zero attached hydrogens (tertiary/aromatic N) is 2. The van der Waals surface area contributed by atoms with E-state index in [0.29, 0.717) is 31.1 Å². The highest BCUT2D eigenvalue weighted by Gasteiger charge is 2.22. The molecule has 6 nitrogen and oxygen atoms in total. The number of benzene rings is 1. The molecule has 1 aliphatic rings. The van der Waals surface area contributed by atoms with E-state index in [1.54, 1.807) is 12.0 Å². The lowest BCUT2D eigenvalue weighted by atomic mass is 10.2. The normalized spacial score (nSPS) is 14.8. The largest absolute Gasteiger partial charge is 0.495 e. The zero-order valence-electron chi connectivity index (χ0n) is 13.4. The van der Waals surface area contributed by atoms with Crippen molar-refractivity contribution in [1.82, 2.24) is 4.90 Å². The summed E-state index contributed by atoms with van der Waals surface area (Å²) in [6, 6.07) is 5.76. The number of nitrogens with two attached hydrogens (primary N) is 1. The first-order valence-electron chi connectivity index (χ1n) is 7.76. The Morgan fingerprint density at radius 2 is 2.00 bits per heavy atom. The molecule has 1 aromatic carbocycles. The number of ether oxygens (including phenoxy) is 2. The summed E-state index contributed by atoms with van der Waals surface area (Å²) in [7, 11) is 1.61. The first-order valence-corrected chi connectivity index (χ1v) is 7.76. The molecule has 0 aromatic heterocycles. The highest BCUT2D eigenvalue weighted by molar-refractivity contribution is 5.68. The van der Waals surface area contributed by atoms with Gasteiger partial charge in [-0.25, -0.2) is 4.79 Å². The number of piperazine rings is 1. The number of carbonyl (C=O) groups is 1. The summed E-state index contributed by atoms with van der Waals surface area (Å²) in [6.45, 7) is 5.46. The first-order chi connectivity index (χ1) is 10.7. The highest BCUT2D eigenvalue weighted by atomic mass is 16.6. The second-order valence-corrected chi connectivity index (χ2v) is 5.37. The fourth-order valence-electron chi connectivity index (χ4n) is 2.44. The van der Waals surface area contributed by atoms with Crippen LogP contribution in [0.2, 0.25) is 0 Å². The summed E-state index contributed by atoms with van der Waals surface area (Å²) in [4.78, 5) is 15.9. The van der Waals surface area contributed by atoms with E-state index in [-0.39, 0.29) is 6.09 Å². The molecule has 0 saturated carbocycles. The van der Waals surface area contributed by atoms with Gasteiger partial charge in [0.1, 0.15) is 5.75 Å². The number of carbonyl (C=O) groups excluding carboxylic acids is 1. The van der Waals surface area contributed by atoms with Crippen molar-refractivity contribution in [2.75, 3.05) is 50.5 Å². The third kappa shape index (κ3) is 3.96. The number of rotatable bonds is 5. The van der Waals surface area contributed by atoms with Crippen molar-refractivity contribution in [3.8, 4) is 5.75 Å². The third-order valence-corrected chi connectivity index (χ3v) is 3.84. The highest BCUT2D eigenvalue weighted by Crippen LogP contribution is 2.28. The van der Waals surface area contributed by atoms with Gasteiger partial charge in [0.2, 0.25) is 0 Å². The minimum Gasteiger partial charge on any atom is -0.495 e. The fraction of sp³-hybridized carbons (Fsp3) is 0.562. The van der Waals surface area contributed by atoms with E-state index in [1.165, 1.54) is 0 Å². The molecule has 6 heteroatoms. The number of anilines is 2. The molecule has 1 aliphatic heterocycles. The van der Waals surface area contributed by atoms with Gasteiger partial charge >= 0.3 is 6.09 Å². The molecule has 0 atom stereocenters. The molecule has 0 radical (unpaired) electrons. The molecule has 0 unspecified atom stereocenters. The third-order valence-electron chi connectivity index (χ3n) is 3.84. The Morgan fingerprint density at radius 3 is 2.64 bits per heavy atom. The maximum Gasteiger partial charge on any atom is 0.409 e. The first kappa shape index (κ1) is 16.3. The predicted molar refractivity (Wildman–Crippen MR) is 87.4 cm³/mol. The molecule has 0 aliphatic carbocycles. The molecule has 122 valence electrons. The van der Waals surface area contributed by atoms with Crippen LogP contribution in [0, 0.1) is 0 Å². The molecular formula is C16H25N3O3. The Bertz CT molecular complexity index is 499. The molecule has 2 rings (SSSR count). The van der Waals surface area contributed by atoms with E-state index in [4.69, 9.17) is 15.2 Å². The van der Waals surface area contributed by atoms with Crippen LogP contribution in [-0.4, -0.2) is 50.9 Å². The van der Waals surface area contributed by atoms with Gasteiger partial charge in [-0.15, -0.1) is 0 Å². The molecule has 1 saturated heterocycles. The number of hydrogen-bond donors (Lipinski definition) is 1. The second-order valence-electron chi connectivity index (χ2n) is 5.37. The van der Waals surface area contributed by atoms with Crippen LogP contribution >= 0.6 is 0 Å². The molecule has 0 bridgehead atoms.